The molecule has 41 heavy (non-hydrogen) atoms. The monoisotopic (exact) mass is 567 g/mol. The van der Waals surface area contributed by atoms with E-state index in [9.17, 15) is 22.4 Å². The van der Waals surface area contributed by atoms with Gasteiger partial charge in [-0.05, 0) is 106 Å². The number of hydrogen-bond acceptors (Lipinski definition) is 4. The zero-order chi connectivity index (χ0) is 29.9. The first-order valence-electron chi connectivity index (χ1n) is 13.3. The summed E-state index contributed by atoms with van der Waals surface area (Å²) >= 11 is 0. The molecule has 216 valence electrons. The van der Waals surface area contributed by atoms with E-state index in [-0.39, 0.29) is 5.54 Å². The number of carbonyl (C=O) groups excluding carboxylic acids is 1. The Labute approximate surface area is 236 Å². The second-order valence-corrected chi connectivity index (χ2v) is 10.9. The highest BCUT2D eigenvalue weighted by Crippen LogP contribution is 2.31. The number of nitrogens with zero attached hydrogens (tertiary/aromatic N) is 3. The molecule has 1 amide bonds. The van der Waals surface area contributed by atoms with Crippen molar-refractivity contribution >= 4 is 23.2 Å². The van der Waals surface area contributed by atoms with Gasteiger partial charge in [0, 0.05) is 18.0 Å². The molecule has 2 heterocycles. The molecule has 0 aliphatic heterocycles. The van der Waals surface area contributed by atoms with E-state index in [1.165, 1.54) is 5.56 Å². The van der Waals surface area contributed by atoms with Gasteiger partial charge in [0.2, 0.25) is 0 Å². The summed E-state index contributed by atoms with van der Waals surface area (Å²) < 4.78 is 55.4. The van der Waals surface area contributed by atoms with Gasteiger partial charge < -0.3 is 10.6 Å². The first-order chi connectivity index (χ1) is 19.2. The predicted octanol–water partition coefficient (Wildman–Crippen LogP) is 7.84. The number of alkyl halides is 3. The lowest BCUT2D eigenvalue weighted by atomic mass is 10.0. The molecule has 0 unspecified atom stereocenters. The van der Waals surface area contributed by atoms with Crippen LogP contribution in [0.25, 0.3) is 0 Å². The van der Waals surface area contributed by atoms with Crippen molar-refractivity contribution in [2.45, 2.75) is 65.6 Å². The van der Waals surface area contributed by atoms with Gasteiger partial charge in [0.15, 0.2) is 0 Å². The van der Waals surface area contributed by atoms with Crippen LogP contribution in [0.4, 0.5) is 34.9 Å². The number of nitrogens with one attached hydrogen (secondary N) is 2. The molecular formula is C31H33F4N5O. The summed E-state index contributed by atoms with van der Waals surface area (Å²) in [5, 5.41) is 10.8. The average Bonchev–Trinajstić information content (AvgIpc) is 3.31. The lowest BCUT2D eigenvalue weighted by molar-refractivity contribution is -0.137. The van der Waals surface area contributed by atoms with E-state index >= 15 is 0 Å². The molecule has 0 aliphatic carbocycles. The van der Waals surface area contributed by atoms with Gasteiger partial charge in [-0.15, -0.1) is 0 Å². The van der Waals surface area contributed by atoms with Crippen LogP contribution in [0.5, 0.6) is 0 Å². The smallest absolute Gasteiger partial charge is 0.325 e. The molecule has 0 aliphatic rings. The van der Waals surface area contributed by atoms with Gasteiger partial charge in [-0.2, -0.15) is 18.3 Å². The van der Waals surface area contributed by atoms with Crippen LogP contribution in [0.2, 0.25) is 0 Å². The molecule has 4 aromatic rings. The molecule has 4 rings (SSSR count). The molecule has 0 radical (unpaired) electrons. The van der Waals surface area contributed by atoms with Crippen LogP contribution in [0.1, 0.15) is 66.0 Å². The van der Waals surface area contributed by atoms with Crippen LogP contribution < -0.4 is 10.6 Å². The van der Waals surface area contributed by atoms with E-state index < -0.39 is 29.0 Å². The molecule has 0 saturated carbocycles. The SMILES string of the molecule is CCc1ccnc(Nc2cc(CCc3cc(NC(=O)c4cc(C(F)(F)F)ccc4F)ccc3C)nn2C(C)(C)C)c1. The van der Waals surface area contributed by atoms with Gasteiger partial charge in [0.1, 0.15) is 17.5 Å². The van der Waals surface area contributed by atoms with Gasteiger partial charge in [-0.25, -0.2) is 14.1 Å². The molecule has 0 spiro atoms. The number of rotatable bonds is 8. The zero-order valence-corrected chi connectivity index (χ0v) is 23.7. The molecule has 0 bridgehead atoms. The highest BCUT2D eigenvalue weighted by molar-refractivity contribution is 6.04. The maximum absolute atomic E-state index is 14.2. The van der Waals surface area contributed by atoms with E-state index in [1.807, 2.05) is 29.8 Å². The third-order valence-electron chi connectivity index (χ3n) is 6.68. The van der Waals surface area contributed by atoms with Crippen molar-refractivity contribution in [3.8, 4) is 0 Å². The number of halogens is 4. The lowest BCUT2D eigenvalue weighted by Gasteiger charge is -2.22. The summed E-state index contributed by atoms with van der Waals surface area (Å²) in [4.78, 5) is 17.1. The number of pyridine rings is 1. The largest absolute Gasteiger partial charge is 0.416 e. The first kappa shape index (κ1) is 29.8. The summed E-state index contributed by atoms with van der Waals surface area (Å²) in [5.74, 6) is -0.436. The summed E-state index contributed by atoms with van der Waals surface area (Å²) in [6.45, 7) is 10.2. The van der Waals surface area contributed by atoms with Crippen molar-refractivity contribution in [1.29, 1.82) is 0 Å². The molecule has 0 saturated heterocycles. The molecule has 2 N–H and O–H groups in total. The first-order valence-corrected chi connectivity index (χ1v) is 13.3. The van der Waals surface area contributed by atoms with Gasteiger partial charge in [0.25, 0.3) is 5.91 Å². The fourth-order valence-corrected chi connectivity index (χ4v) is 4.40. The Morgan fingerprint density at radius 2 is 1.73 bits per heavy atom. The summed E-state index contributed by atoms with van der Waals surface area (Å²) in [6.07, 6.45) is -0.825. The molecule has 2 aromatic heterocycles. The standard InChI is InChI=1S/C31H33F4N5O/c1-6-20-13-14-36-27(15-20)38-28-18-24(39-40(28)30(3,4)5)11-8-21-16-23(10-7-19(21)2)37-29(41)25-17-22(31(33,34)35)9-12-26(25)32/h7,9-10,12-18H,6,8,11H2,1-5H3,(H,36,38)(H,37,41). The van der Waals surface area contributed by atoms with Gasteiger partial charge >= 0.3 is 6.18 Å². The van der Waals surface area contributed by atoms with Crippen molar-refractivity contribution in [3.05, 3.63) is 100 Å². The number of anilines is 3. The molecule has 0 fully saturated rings. The molecular weight excluding hydrogens is 534 g/mol. The van der Waals surface area contributed by atoms with Crippen molar-refractivity contribution in [2.24, 2.45) is 0 Å². The van der Waals surface area contributed by atoms with E-state index in [2.05, 4.69) is 43.3 Å². The van der Waals surface area contributed by atoms with Crippen LogP contribution in [0.15, 0.2) is 60.8 Å². The van der Waals surface area contributed by atoms with Crippen molar-refractivity contribution in [1.82, 2.24) is 14.8 Å². The predicted molar refractivity (Wildman–Crippen MR) is 152 cm³/mol. The third kappa shape index (κ3) is 7.31. The fraction of sp³-hybridized carbons (Fsp3) is 0.323. The number of aryl methyl sites for hydroxylation is 4. The van der Waals surface area contributed by atoms with Crippen LogP contribution >= 0.6 is 0 Å². The quantitative estimate of drug-likeness (QED) is 0.213. The Hall–Kier alpha value is -4.21. The second-order valence-electron chi connectivity index (χ2n) is 10.9. The van der Waals surface area contributed by atoms with Crippen LogP contribution in [0, 0.1) is 12.7 Å². The summed E-state index contributed by atoms with van der Waals surface area (Å²) in [7, 11) is 0. The Kier molecular flexibility index (Phi) is 8.51. The van der Waals surface area contributed by atoms with E-state index in [0.717, 1.165) is 34.9 Å². The minimum atomic E-state index is -4.69. The fourth-order valence-electron chi connectivity index (χ4n) is 4.40. The van der Waals surface area contributed by atoms with Crippen molar-refractivity contribution in [2.75, 3.05) is 10.6 Å². The number of hydrogen-bond donors (Lipinski definition) is 2. The van der Waals surface area contributed by atoms with Crippen molar-refractivity contribution in [3.63, 3.8) is 0 Å². The van der Waals surface area contributed by atoms with E-state index in [0.29, 0.717) is 36.7 Å². The molecule has 0 atom stereocenters. The van der Waals surface area contributed by atoms with Crippen LogP contribution in [-0.2, 0) is 31.0 Å². The zero-order valence-electron chi connectivity index (χ0n) is 23.7. The Balaban J connectivity index is 1.51. The summed E-state index contributed by atoms with van der Waals surface area (Å²) in [5.41, 5.74) is 2.22. The molecule has 2 aromatic carbocycles. The van der Waals surface area contributed by atoms with E-state index in [4.69, 9.17) is 5.10 Å². The Morgan fingerprint density at radius 3 is 2.41 bits per heavy atom. The maximum Gasteiger partial charge on any atom is 0.416 e. The number of carbonyl (C=O) groups is 1. The average molecular weight is 568 g/mol. The minimum Gasteiger partial charge on any atom is -0.325 e. The van der Waals surface area contributed by atoms with Crippen LogP contribution in [0.3, 0.4) is 0 Å². The normalized spacial score (nSPS) is 11.9. The highest BCUT2D eigenvalue weighted by Gasteiger charge is 2.32. The number of benzene rings is 2. The molecule has 6 nitrogen and oxygen atoms in total. The van der Waals surface area contributed by atoms with Gasteiger partial charge in [-0.3, -0.25) is 4.79 Å². The maximum atomic E-state index is 14.2. The van der Waals surface area contributed by atoms with Gasteiger partial charge in [-0.1, -0.05) is 13.0 Å². The second kappa shape index (κ2) is 11.7. The summed E-state index contributed by atoms with van der Waals surface area (Å²) in [6, 6.07) is 12.9. The third-order valence-corrected chi connectivity index (χ3v) is 6.68. The lowest BCUT2D eigenvalue weighted by Crippen LogP contribution is -2.24. The number of amides is 1. The highest BCUT2D eigenvalue weighted by atomic mass is 19.4. The van der Waals surface area contributed by atoms with Gasteiger partial charge in [0.05, 0.1) is 22.4 Å². The van der Waals surface area contributed by atoms with Crippen LogP contribution in [-0.4, -0.2) is 20.7 Å². The minimum absolute atomic E-state index is 0.290. The Morgan fingerprint density at radius 1 is 0.976 bits per heavy atom. The number of aromatic nitrogens is 3. The van der Waals surface area contributed by atoms with Crippen molar-refractivity contribution < 1.29 is 22.4 Å². The topological polar surface area (TPSA) is 71.8 Å². The molecule has 10 heteroatoms. The Bertz CT molecular complexity index is 1550. The van der Waals surface area contributed by atoms with E-state index in [1.54, 1.807) is 24.4 Å².